The number of nitrogens with one attached hydrogen (secondary N) is 2. The molecule has 0 aliphatic heterocycles. The van der Waals surface area contributed by atoms with Crippen LogP contribution in [-0.4, -0.2) is 19.6 Å². The van der Waals surface area contributed by atoms with Gasteiger partial charge in [-0.2, -0.15) is 0 Å². The van der Waals surface area contributed by atoms with E-state index in [0.717, 1.165) is 9.26 Å². The number of amides is 1. The van der Waals surface area contributed by atoms with Crippen LogP contribution in [0, 0.1) is 9.39 Å². The van der Waals surface area contributed by atoms with Crippen LogP contribution in [-0.2, 0) is 4.79 Å². The fourth-order valence-corrected chi connectivity index (χ4v) is 2.95. The van der Waals surface area contributed by atoms with Gasteiger partial charge in [0.25, 0.3) is 0 Å². The number of rotatable bonds is 5. The van der Waals surface area contributed by atoms with Gasteiger partial charge in [0.2, 0.25) is 5.91 Å². The fourth-order valence-electron chi connectivity index (χ4n) is 1.83. The number of para-hydroxylation sites is 1. The Bertz CT molecular complexity index is 697. The first-order valence-electron chi connectivity index (χ1n) is 6.32. The third kappa shape index (κ3) is 4.33. The number of anilines is 2. The largest absolute Gasteiger partial charge is 0.493 e. The lowest BCUT2D eigenvalue weighted by Crippen LogP contribution is -2.22. The zero-order valence-corrected chi connectivity index (χ0v) is 15.4. The molecule has 1 amide bonds. The second kappa shape index (κ2) is 7.77. The van der Waals surface area contributed by atoms with Gasteiger partial charge >= 0.3 is 0 Å². The summed E-state index contributed by atoms with van der Waals surface area (Å²) in [4.78, 5) is 12.0. The summed E-state index contributed by atoms with van der Waals surface area (Å²) in [5.74, 6) is -0.205. The Labute approximate surface area is 149 Å². The lowest BCUT2D eigenvalue weighted by molar-refractivity contribution is -0.114. The summed E-state index contributed by atoms with van der Waals surface area (Å²) >= 11 is 5.36. The third-order valence-electron chi connectivity index (χ3n) is 2.80. The van der Waals surface area contributed by atoms with Gasteiger partial charge in [0.05, 0.1) is 29.5 Å². The van der Waals surface area contributed by atoms with E-state index in [1.54, 1.807) is 0 Å². The quantitative estimate of drug-likeness (QED) is 0.631. The van der Waals surface area contributed by atoms with Crippen molar-refractivity contribution >= 4 is 55.8 Å². The summed E-state index contributed by atoms with van der Waals surface area (Å²) in [5.41, 5.74) is 1.15. The molecule has 2 aromatic rings. The Balaban J connectivity index is 2.04. The van der Waals surface area contributed by atoms with Gasteiger partial charge in [0.15, 0.2) is 5.75 Å². The molecule has 0 radical (unpaired) electrons. The van der Waals surface area contributed by atoms with Crippen LogP contribution in [0.25, 0.3) is 0 Å². The molecule has 0 aliphatic rings. The molecule has 0 saturated heterocycles. The second-order valence-electron chi connectivity index (χ2n) is 4.35. The van der Waals surface area contributed by atoms with E-state index in [-0.39, 0.29) is 12.5 Å². The van der Waals surface area contributed by atoms with Crippen molar-refractivity contribution in [2.45, 2.75) is 0 Å². The number of halogens is 3. The highest BCUT2D eigenvalue weighted by Gasteiger charge is 2.12. The van der Waals surface area contributed by atoms with Crippen LogP contribution in [0.1, 0.15) is 0 Å². The molecule has 0 spiro atoms. The molecule has 22 heavy (non-hydrogen) atoms. The van der Waals surface area contributed by atoms with Crippen molar-refractivity contribution < 1.29 is 13.9 Å². The van der Waals surface area contributed by atoms with Crippen LogP contribution in [0.2, 0.25) is 0 Å². The molecule has 0 saturated carbocycles. The zero-order chi connectivity index (χ0) is 16.1. The molecular formula is C15H13BrFIN2O2. The summed E-state index contributed by atoms with van der Waals surface area (Å²) in [6, 6.07) is 10.0. The van der Waals surface area contributed by atoms with Gasteiger partial charge in [-0.15, -0.1) is 0 Å². The van der Waals surface area contributed by atoms with Crippen molar-refractivity contribution in [2.75, 3.05) is 24.3 Å². The first-order valence-corrected chi connectivity index (χ1v) is 8.19. The van der Waals surface area contributed by atoms with Crippen LogP contribution in [0.15, 0.2) is 40.9 Å². The second-order valence-corrected chi connectivity index (χ2v) is 6.37. The lowest BCUT2D eigenvalue weighted by atomic mass is 10.2. The third-order valence-corrected chi connectivity index (χ3v) is 4.33. The number of methoxy groups -OCH3 is 1. The average Bonchev–Trinajstić information content (AvgIpc) is 2.47. The molecule has 0 fully saturated rings. The Kier molecular flexibility index (Phi) is 6.01. The lowest BCUT2D eigenvalue weighted by Gasteiger charge is -2.13. The van der Waals surface area contributed by atoms with Crippen LogP contribution in [0.4, 0.5) is 15.8 Å². The van der Waals surface area contributed by atoms with Crippen molar-refractivity contribution in [1.29, 1.82) is 0 Å². The molecule has 0 heterocycles. The first kappa shape index (κ1) is 17.0. The highest BCUT2D eigenvalue weighted by Crippen LogP contribution is 2.34. The minimum absolute atomic E-state index is 0.00275. The molecular weight excluding hydrogens is 466 g/mol. The molecule has 7 heteroatoms. The monoisotopic (exact) mass is 478 g/mol. The summed E-state index contributed by atoms with van der Waals surface area (Å²) < 4.78 is 20.1. The molecule has 116 valence electrons. The van der Waals surface area contributed by atoms with E-state index in [4.69, 9.17) is 4.74 Å². The van der Waals surface area contributed by atoms with Crippen LogP contribution < -0.4 is 15.4 Å². The summed E-state index contributed by atoms with van der Waals surface area (Å²) in [7, 11) is 1.48. The van der Waals surface area contributed by atoms with Gasteiger partial charge < -0.3 is 15.4 Å². The molecule has 4 nitrogen and oxygen atoms in total. The Morgan fingerprint density at radius 1 is 1.32 bits per heavy atom. The Morgan fingerprint density at radius 3 is 2.73 bits per heavy atom. The van der Waals surface area contributed by atoms with Crippen molar-refractivity contribution in [3.8, 4) is 5.75 Å². The van der Waals surface area contributed by atoms with Crippen molar-refractivity contribution in [2.24, 2.45) is 0 Å². The van der Waals surface area contributed by atoms with E-state index < -0.39 is 5.82 Å². The van der Waals surface area contributed by atoms with Crippen molar-refractivity contribution in [3.63, 3.8) is 0 Å². The molecule has 2 N–H and O–H groups in total. The summed E-state index contributed by atoms with van der Waals surface area (Å²) in [6.45, 7) is -0.00275. The number of hydrogen-bond donors (Lipinski definition) is 2. The van der Waals surface area contributed by atoms with Crippen molar-refractivity contribution in [3.05, 3.63) is 50.3 Å². The first-order chi connectivity index (χ1) is 10.5. The maximum atomic E-state index is 13.4. The fraction of sp³-hybridized carbons (Fsp3) is 0.133. The molecule has 0 unspecified atom stereocenters. The van der Waals surface area contributed by atoms with E-state index in [0.29, 0.717) is 15.9 Å². The molecule has 0 aliphatic carbocycles. The zero-order valence-electron chi connectivity index (χ0n) is 11.6. The van der Waals surface area contributed by atoms with Crippen LogP contribution >= 0.6 is 38.5 Å². The molecule has 0 aromatic heterocycles. The minimum Gasteiger partial charge on any atom is -0.493 e. The normalized spacial score (nSPS) is 10.2. The number of carbonyl (C=O) groups excluding carboxylic acids is 1. The van der Waals surface area contributed by atoms with E-state index in [1.807, 2.05) is 24.3 Å². The highest BCUT2D eigenvalue weighted by atomic mass is 127. The Morgan fingerprint density at radius 2 is 2.05 bits per heavy atom. The molecule has 0 bridgehead atoms. The van der Waals surface area contributed by atoms with Gasteiger partial charge in [0.1, 0.15) is 5.82 Å². The summed E-state index contributed by atoms with van der Waals surface area (Å²) in [5, 5.41) is 5.67. The predicted molar refractivity (Wildman–Crippen MR) is 96.9 cm³/mol. The topological polar surface area (TPSA) is 50.4 Å². The smallest absolute Gasteiger partial charge is 0.243 e. The number of benzene rings is 2. The van der Waals surface area contributed by atoms with Crippen LogP contribution in [0.3, 0.4) is 0 Å². The van der Waals surface area contributed by atoms with E-state index in [9.17, 15) is 9.18 Å². The molecule has 0 atom stereocenters. The van der Waals surface area contributed by atoms with Crippen molar-refractivity contribution in [1.82, 2.24) is 0 Å². The van der Waals surface area contributed by atoms with Gasteiger partial charge in [-0.1, -0.05) is 12.1 Å². The van der Waals surface area contributed by atoms with Gasteiger partial charge in [-0.25, -0.2) is 4.39 Å². The van der Waals surface area contributed by atoms with E-state index in [2.05, 4.69) is 49.2 Å². The van der Waals surface area contributed by atoms with E-state index in [1.165, 1.54) is 19.2 Å². The molecule has 2 aromatic carbocycles. The van der Waals surface area contributed by atoms with Gasteiger partial charge in [-0.05, 0) is 56.7 Å². The average molecular weight is 479 g/mol. The SMILES string of the molecule is COc1c(Br)cc(F)cc1NCC(=O)Nc1ccccc1I. The van der Waals surface area contributed by atoms with Crippen LogP contribution in [0.5, 0.6) is 5.75 Å². The minimum atomic E-state index is -0.423. The predicted octanol–water partition coefficient (Wildman–Crippen LogP) is 4.25. The molecule has 2 rings (SSSR count). The maximum absolute atomic E-state index is 13.4. The highest BCUT2D eigenvalue weighted by molar-refractivity contribution is 14.1. The maximum Gasteiger partial charge on any atom is 0.243 e. The van der Waals surface area contributed by atoms with Gasteiger partial charge in [-0.3, -0.25) is 4.79 Å². The Hall–Kier alpha value is -1.35. The number of carbonyl (C=O) groups is 1. The van der Waals surface area contributed by atoms with Gasteiger partial charge in [0, 0.05) is 9.64 Å². The summed E-state index contributed by atoms with van der Waals surface area (Å²) in [6.07, 6.45) is 0. The standard InChI is InChI=1S/C15H13BrFIN2O2/c1-22-15-10(16)6-9(17)7-13(15)19-8-14(21)20-12-5-3-2-4-11(12)18/h2-7,19H,8H2,1H3,(H,20,21). The van der Waals surface area contributed by atoms with E-state index >= 15 is 0 Å². The number of ether oxygens (including phenoxy) is 1. The number of hydrogen-bond acceptors (Lipinski definition) is 3.